The molecule has 0 aliphatic rings. The van der Waals surface area contributed by atoms with Crippen molar-refractivity contribution < 1.29 is 91.3 Å². The second-order valence-electron chi connectivity index (χ2n) is 0. The first-order valence-electron chi connectivity index (χ1n) is 0. The van der Waals surface area contributed by atoms with Gasteiger partial charge in [0, 0.05) is 40.4 Å². The first-order chi connectivity index (χ1) is 0. The Morgan fingerprint density at radius 2 is 0.500 bits per heavy atom. The van der Waals surface area contributed by atoms with E-state index in [1.807, 2.05) is 0 Å². The van der Waals surface area contributed by atoms with Crippen LogP contribution < -0.4 is 50.9 Å². The summed E-state index contributed by atoms with van der Waals surface area (Å²) in [6.07, 6.45) is 0. The van der Waals surface area contributed by atoms with E-state index in [0.717, 1.165) is 0 Å². The van der Waals surface area contributed by atoms with Gasteiger partial charge in [0.05, 0.1) is 0 Å². The molecule has 0 rings (SSSR count). The van der Waals surface area contributed by atoms with Crippen LogP contribution in [-0.4, -0.2) is 0 Å². The van der Waals surface area contributed by atoms with E-state index in [-0.39, 0.29) is 91.3 Å². The van der Waals surface area contributed by atoms with Gasteiger partial charge in [-0.2, -0.15) is 0 Å². The summed E-state index contributed by atoms with van der Waals surface area (Å²) in [4.78, 5) is 0. The minimum atomic E-state index is 0. The smallest absolute Gasteiger partial charge is 0 e. The summed E-state index contributed by atoms with van der Waals surface area (Å²) in [5.74, 6) is 0. The van der Waals surface area contributed by atoms with Crippen LogP contribution in [0.3, 0.4) is 0 Å². The Morgan fingerprint density at radius 1 is 0.500 bits per heavy atom. The standard InChI is InChI=1S/3BrH.Sm/h3*1H;/p-3. The molecule has 0 aliphatic carbocycles. The first kappa shape index (κ1) is 29.3. The molecule has 0 saturated carbocycles. The predicted octanol–water partition coefficient (Wildman–Crippen LogP) is -8.99. The van der Waals surface area contributed by atoms with Crippen LogP contribution in [0.5, 0.6) is 0 Å². The molecule has 0 fully saturated rings. The minimum Gasteiger partial charge on any atom is -1.00 e. The van der Waals surface area contributed by atoms with E-state index in [2.05, 4.69) is 0 Å². The fourth-order valence-electron chi connectivity index (χ4n) is 0. The van der Waals surface area contributed by atoms with Crippen molar-refractivity contribution in [2.24, 2.45) is 0 Å². The molecule has 0 aromatic heterocycles. The van der Waals surface area contributed by atoms with Gasteiger partial charge in [-0.25, -0.2) is 0 Å². The molecule has 0 atom stereocenters. The topological polar surface area (TPSA) is 0 Å². The molecule has 4 heavy (non-hydrogen) atoms. The molecule has 0 bridgehead atoms. The minimum absolute atomic E-state index is 0. The van der Waals surface area contributed by atoms with Gasteiger partial charge in [-0.05, 0) is 0 Å². The van der Waals surface area contributed by atoms with Gasteiger partial charge >= 0.3 is 0 Å². The summed E-state index contributed by atoms with van der Waals surface area (Å²) in [6.45, 7) is 0. The largest absolute Gasteiger partial charge is 1.00 e. The van der Waals surface area contributed by atoms with Gasteiger partial charge in [-0.15, -0.1) is 0 Å². The molecule has 0 amide bonds. The summed E-state index contributed by atoms with van der Waals surface area (Å²) >= 11 is 0. The van der Waals surface area contributed by atoms with Crippen LogP contribution in [0.25, 0.3) is 0 Å². The van der Waals surface area contributed by atoms with Crippen molar-refractivity contribution in [2.75, 3.05) is 0 Å². The molecule has 0 aromatic carbocycles. The van der Waals surface area contributed by atoms with Gasteiger partial charge in [-0.3, -0.25) is 0 Å². The zero-order chi connectivity index (χ0) is 0. The molecule has 0 spiro atoms. The maximum atomic E-state index is 0. The summed E-state index contributed by atoms with van der Waals surface area (Å²) < 4.78 is 0. The molecule has 0 radical (unpaired) electrons. The Morgan fingerprint density at radius 3 is 0.500 bits per heavy atom. The van der Waals surface area contributed by atoms with E-state index in [1.54, 1.807) is 0 Å². The SMILES string of the molecule is [Br-].[Br-].[Br-].[Sm]. The maximum absolute atomic E-state index is 0. The molecule has 0 nitrogen and oxygen atoms in total. The summed E-state index contributed by atoms with van der Waals surface area (Å²) in [5, 5.41) is 0. The molecule has 4 heteroatoms. The molecular weight excluding hydrogens is 390 g/mol. The molecule has 30 valence electrons. The molecule has 0 saturated heterocycles. The van der Waals surface area contributed by atoms with E-state index in [0.29, 0.717) is 0 Å². The monoisotopic (exact) mass is 389 g/mol. The van der Waals surface area contributed by atoms with Gasteiger partial charge < -0.3 is 50.9 Å². The van der Waals surface area contributed by atoms with Crippen molar-refractivity contribution in [2.45, 2.75) is 0 Å². The van der Waals surface area contributed by atoms with Crippen molar-refractivity contribution in [3.05, 3.63) is 0 Å². The zero-order valence-corrected chi connectivity index (χ0v) is 8.92. The fourth-order valence-corrected chi connectivity index (χ4v) is 0. The van der Waals surface area contributed by atoms with Crippen LogP contribution >= 0.6 is 0 Å². The van der Waals surface area contributed by atoms with E-state index in [9.17, 15) is 0 Å². The summed E-state index contributed by atoms with van der Waals surface area (Å²) in [6, 6.07) is 0. The van der Waals surface area contributed by atoms with Gasteiger partial charge in [-0.1, -0.05) is 0 Å². The van der Waals surface area contributed by atoms with Crippen LogP contribution in [0, 0.1) is 40.4 Å². The fraction of sp³-hybridized carbons (Fsp3) is 0. The van der Waals surface area contributed by atoms with E-state index in [1.165, 1.54) is 0 Å². The Bertz CT molecular complexity index is 3.25. The van der Waals surface area contributed by atoms with Crippen molar-refractivity contribution in [1.82, 2.24) is 0 Å². The molecular formula is Br3Sm-3. The van der Waals surface area contributed by atoms with Crippen molar-refractivity contribution in [3.63, 3.8) is 0 Å². The van der Waals surface area contributed by atoms with E-state index >= 15 is 0 Å². The van der Waals surface area contributed by atoms with Crippen LogP contribution in [0.15, 0.2) is 0 Å². The third-order valence-corrected chi connectivity index (χ3v) is 0. The second-order valence-corrected chi connectivity index (χ2v) is 0. The summed E-state index contributed by atoms with van der Waals surface area (Å²) in [5.41, 5.74) is 0. The average molecular weight is 390 g/mol. The Balaban J connectivity index is 0. The third kappa shape index (κ3) is 8.84. The van der Waals surface area contributed by atoms with Gasteiger partial charge in [0.25, 0.3) is 0 Å². The molecule has 0 aromatic rings. The summed E-state index contributed by atoms with van der Waals surface area (Å²) in [7, 11) is 0. The van der Waals surface area contributed by atoms with E-state index in [4.69, 9.17) is 0 Å². The van der Waals surface area contributed by atoms with Crippen molar-refractivity contribution >= 4 is 0 Å². The maximum Gasteiger partial charge on any atom is 0 e. The van der Waals surface area contributed by atoms with Crippen LogP contribution in [-0.2, 0) is 0 Å². The molecule has 0 aliphatic heterocycles. The Labute approximate surface area is 89.5 Å². The van der Waals surface area contributed by atoms with Crippen LogP contribution in [0.2, 0.25) is 0 Å². The van der Waals surface area contributed by atoms with Crippen molar-refractivity contribution in [3.8, 4) is 0 Å². The first-order valence-corrected chi connectivity index (χ1v) is 0. The number of hydrogen-bond acceptors (Lipinski definition) is 0. The third-order valence-electron chi connectivity index (χ3n) is 0. The van der Waals surface area contributed by atoms with Gasteiger partial charge in [0.2, 0.25) is 0 Å². The Hall–Kier alpha value is 2.78. The molecule has 0 N–H and O–H groups in total. The Kier molecular flexibility index (Phi) is 125. The number of hydrogen-bond donors (Lipinski definition) is 0. The van der Waals surface area contributed by atoms with Gasteiger partial charge in [0.15, 0.2) is 0 Å². The van der Waals surface area contributed by atoms with Gasteiger partial charge in [0.1, 0.15) is 0 Å². The molecule has 0 unspecified atom stereocenters. The quantitative estimate of drug-likeness (QED) is 0.386. The number of rotatable bonds is 0. The van der Waals surface area contributed by atoms with Crippen molar-refractivity contribution in [1.29, 1.82) is 0 Å². The average Bonchev–Trinajstić information content (AvgIpc) is 0. The molecule has 0 heterocycles. The normalized spacial score (nSPS) is 0. The van der Waals surface area contributed by atoms with Crippen LogP contribution in [0.1, 0.15) is 0 Å². The number of halogens is 3. The van der Waals surface area contributed by atoms with Crippen LogP contribution in [0.4, 0.5) is 0 Å². The zero-order valence-electron chi connectivity index (χ0n) is 1.54. The van der Waals surface area contributed by atoms with E-state index < -0.39 is 0 Å². The predicted molar refractivity (Wildman–Crippen MR) is 0 cm³/mol. The second kappa shape index (κ2) is 17.1.